The summed E-state index contributed by atoms with van der Waals surface area (Å²) in [5.41, 5.74) is 1.68. The van der Waals surface area contributed by atoms with E-state index in [0.29, 0.717) is 5.39 Å². The Bertz CT molecular complexity index is 1140. The van der Waals surface area contributed by atoms with Crippen LogP contribution >= 0.6 is 11.3 Å². The lowest BCUT2D eigenvalue weighted by Gasteiger charge is -2.36. The number of fused-ring (bicyclic) bond motifs is 2. The third-order valence-corrected chi connectivity index (χ3v) is 6.14. The molecule has 1 aromatic carbocycles. The van der Waals surface area contributed by atoms with Crippen molar-refractivity contribution in [1.29, 1.82) is 0 Å². The summed E-state index contributed by atoms with van der Waals surface area (Å²) in [5, 5.41) is 16.4. The lowest BCUT2D eigenvalue weighted by molar-refractivity contribution is 0.0285. The van der Waals surface area contributed by atoms with Crippen molar-refractivity contribution in [3.8, 4) is 11.3 Å². The minimum absolute atomic E-state index is 0.186. The van der Waals surface area contributed by atoms with Crippen molar-refractivity contribution in [2.24, 2.45) is 0 Å². The fourth-order valence-electron chi connectivity index (χ4n) is 3.55. The highest BCUT2D eigenvalue weighted by atomic mass is 32.1. The molecule has 3 aromatic heterocycles. The van der Waals surface area contributed by atoms with E-state index in [0.717, 1.165) is 45.4 Å². The highest BCUT2D eigenvalue weighted by Gasteiger charge is 2.31. The Morgan fingerprint density at radius 1 is 1.15 bits per heavy atom. The minimum Gasteiger partial charge on any atom is -0.379 e. The topological polar surface area (TPSA) is 59.9 Å². The molecule has 0 saturated heterocycles. The molecule has 27 heavy (non-hydrogen) atoms. The van der Waals surface area contributed by atoms with Crippen LogP contribution in [0.5, 0.6) is 0 Å². The van der Waals surface area contributed by atoms with Crippen LogP contribution in [0.25, 0.3) is 32.1 Å². The Hall–Kier alpha value is -2.64. The van der Waals surface area contributed by atoms with Crippen molar-refractivity contribution >= 4 is 38.0 Å². The first-order valence-corrected chi connectivity index (χ1v) is 9.69. The van der Waals surface area contributed by atoms with Gasteiger partial charge in [-0.1, -0.05) is 6.07 Å². The number of halogens is 1. The first kappa shape index (κ1) is 16.5. The predicted octanol–water partition coefficient (Wildman–Crippen LogP) is 4.63. The van der Waals surface area contributed by atoms with Gasteiger partial charge >= 0.3 is 0 Å². The highest BCUT2D eigenvalue weighted by molar-refractivity contribution is 7.17. The molecule has 2 atom stereocenters. The van der Waals surface area contributed by atoms with E-state index in [1.807, 2.05) is 18.2 Å². The molecular weight excluding hydrogens is 363 g/mol. The van der Waals surface area contributed by atoms with E-state index >= 15 is 0 Å². The Labute approximate surface area is 159 Å². The van der Waals surface area contributed by atoms with Gasteiger partial charge in [0.1, 0.15) is 11.5 Å². The van der Waals surface area contributed by atoms with E-state index in [1.165, 1.54) is 16.7 Å². The second kappa shape index (κ2) is 6.51. The van der Waals surface area contributed by atoms with Crippen LogP contribution in [0.3, 0.4) is 0 Å². The molecule has 0 unspecified atom stereocenters. The molecule has 136 valence electrons. The van der Waals surface area contributed by atoms with Crippen molar-refractivity contribution in [2.75, 3.05) is 12.4 Å². The fraction of sp³-hybridized carbons (Fsp3) is 0.250. The third kappa shape index (κ3) is 2.74. The lowest BCUT2D eigenvalue weighted by atomic mass is 9.89. The first-order chi connectivity index (χ1) is 13.2. The van der Waals surface area contributed by atoms with E-state index in [9.17, 15) is 4.39 Å². The number of hydrogen-bond acceptors (Lipinski definition) is 6. The van der Waals surface area contributed by atoms with E-state index in [-0.39, 0.29) is 18.0 Å². The largest absolute Gasteiger partial charge is 0.379 e. The third-order valence-electron chi connectivity index (χ3n) is 5.22. The van der Waals surface area contributed by atoms with Crippen molar-refractivity contribution in [3.05, 3.63) is 47.9 Å². The standard InChI is InChI=1S/C20H17FN4OS/c1-26-17-5-4-16(17)23-20-14-9-22-7-6-12(14)19(24-25-20)11-2-3-13-15(21)10-27-18(13)8-11/h2-3,6-10,16-17H,4-5H2,1H3,(H,23,25)/t16-,17-/m1/s1. The van der Waals surface area contributed by atoms with Crippen molar-refractivity contribution < 1.29 is 9.13 Å². The number of benzene rings is 1. The Balaban J connectivity index is 1.59. The average molecular weight is 380 g/mol. The summed E-state index contributed by atoms with van der Waals surface area (Å²) in [7, 11) is 1.73. The molecule has 0 bridgehead atoms. The summed E-state index contributed by atoms with van der Waals surface area (Å²) in [5.74, 6) is 0.534. The number of rotatable bonds is 4. The number of nitrogens with zero attached hydrogens (tertiary/aromatic N) is 3. The maximum absolute atomic E-state index is 13.8. The lowest BCUT2D eigenvalue weighted by Crippen LogP contribution is -2.44. The van der Waals surface area contributed by atoms with Gasteiger partial charge in [-0.05, 0) is 31.0 Å². The van der Waals surface area contributed by atoms with Gasteiger partial charge in [-0.25, -0.2) is 4.39 Å². The normalized spacial score (nSPS) is 19.3. The zero-order valence-electron chi connectivity index (χ0n) is 14.6. The van der Waals surface area contributed by atoms with E-state index in [1.54, 1.807) is 25.6 Å². The van der Waals surface area contributed by atoms with Crippen LogP contribution < -0.4 is 5.32 Å². The predicted molar refractivity (Wildman–Crippen MR) is 106 cm³/mol. The smallest absolute Gasteiger partial charge is 0.158 e. The molecule has 0 radical (unpaired) electrons. The van der Waals surface area contributed by atoms with E-state index in [4.69, 9.17) is 4.74 Å². The molecule has 1 N–H and O–H groups in total. The minimum atomic E-state index is -0.186. The Morgan fingerprint density at radius 3 is 2.89 bits per heavy atom. The molecule has 1 aliphatic rings. The molecule has 5 nitrogen and oxygen atoms in total. The summed E-state index contributed by atoms with van der Waals surface area (Å²) in [6.45, 7) is 0. The van der Waals surface area contributed by atoms with Gasteiger partial charge in [0.15, 0.2) is 5.82 Å². The number of thiophene rings is 1. The summed E-state index contributed by atoms with van der Waals surface area (Å²) in [6, 6.07) is 7.84. The molecule has 0 spiro atoms. The number of ether oxygens (including phenoxy) is 1. The second-order valence-electron chi connectivity index (χ2n) is 6.72. The zero-order chi connectivity index (χ0) is 18.4. The summed E-state index contributed by atoms with van der Waals surface area (Å²) in [6.07, 6.45) is 5.86. The number of nitrogens with one attached hydrogen (secondary N) is 1. The monoisotopic (exact) mass is 380 g/mol. The van der Waals surface area contributed by atoms with Crippen LogP contribution in [0.2, 0.25) is 0 Å². The number of methoxy groups -OCH3 is 1. The molecule has 3 heterocycles. The number of pyridine rings is 1. The van der Waals surface area contributed by atoms with Crippen LogP contribution in [-0.2, 0) is 4.74 Å². The van der Waals surface area contributed by atoms with Gasteiger partial charge in [-0.2, -0.15) is 0 Å². The Kier molecular flexibility index (Phi) is 3.98. The molecule has 0 aliphatic heterocycles. The SMILES string of the molecule is CO[C@@H]1CC[C@H]1Nc1nnc(-c2ccc3c(F)csc3c2)c2ccncc12. The molecule has 5 rings (SSSR count). The molecule has 1 fully saturated rings. The number of anilines is 1. The summed E-state index contributed by atoms with van der Waals surface area (Å²) >= 11 is 1.39. The van der Waals surface area contributed by atoms with Crippen molar-refractivity contribution in [3.63, 3.8) is 0 Å². The van der Waals surface area contributed by atoms with Crippen LogP contribution in [-0.4, -0.2) is 34.4 Å². The molecule has 1 aliphatic carbocycles. The molecule has 0 amide bonds. The molecule has 4 aromatic rings. The van der Waals surface area contributed by atoms with Gasteiger partial charge in [0.2, 0.25) is 0 Å². The number of aromatic nitrogens is 3. The van der Waals surface area contributed by atoms with Crippen LogP contribution in [0, 0.1) is 5.82 Å². The van der Waals surface area contributed by atoms with Gasteiger partial charge in [-0.15, -0.1) is 21.5 Å². The van der Waals surface area contributed by atoms with Gasteiger partial charge in [0.05, 0.1) is 12.1 Å². The van der Waals surface area contributed by atoms with Crippen LogP contribution in [0.15, 0.2) is 42.0 Å². The van der Waals surface area contributed by atoms with Gasteiger partial charge < -0.3 is 10.1 Å². The summed E-state index contributed by atoms with van der Waals surface area (Å²) in [4.78, 5) is 4.27. The second-order valence-corrected chi connectivity index (χ2v) is 7.63. The van der Waals surface area contributed by atoms with Gasteiger partial charge in [0, 0.05) is 51.3 Å². The van der Waals surface area contributed by atoms with Gasteiger partial charge in [-0.3, -0.25) is 4.98 Å². The van der Waals surface area contributed by atoms with Gasteiger partial charge in [0.25, 0.3) is 0 Å². The summed E-state index contributed by atoms with van der Waals surface area (Å²) < 4.78 is 20.1. The maximum Gasteiger partial charge on any atom is 0.158 e. The quantitative estimate of drug-likeness (QED) is 0.559. The van der Waals surface area contributed by atoms with E-state index in [2.05, 4.69) is 20.5 Å². The average Bonchev–Trinajstić information content (AvgIpc) is 3.06. The molecule has 7 heteroatoms. The fourth-order valence-corrected chi connectivity index (χ4v) is 4.40. The zero-order valence-corrected chi connectivity index (χ0v) is 15.5. The Morgan fingerprint density at radius 2 is 2.07 bits per heavy atom. The highest BCUT2D eigenvalue weighted by Crippen LogP contribution is 2.34. The molecular formula is C20H17FN4OS. The van der Waals surface area contributed by atoms with E-state index < -0.39 is 0 Å². The first-order valence-electron chi connectivity index (χ1n) is 8.81. The van der Waals surface area contributed by atoms with Crippen LogP contribution in [0.1, 0.15) is 12.8 Å². The van der Waals surface area contributed by atoms with Crippen LogP contribution in [0.4, 0.5) is 10.2 Å². The van der Waals surface area contributed by atoms with Crippen molar-refractivity contribution in [1.82, 2.24) is 15.2 Å². The molecule has 1 saturated carbocycles. The van der Waals surface area contributed by atoms with Crippen molar-refractivity contribution in [2.45, 2.75) is 25.0 Å². The number of hydrogen-bond donors (Lipinski definition) is 1. The maximum atomic E-state index is 13.8.